The van der Waals surface area contributed by atoms with Crippen LogP contribution in [0.25, 0.3) is 0 Å². The number of hydrogen-bond donors (Lipinski definition) is 1. The number of halogens is 1. The van der Waals surface area contributed by atoms with Crippen molar-refractivity contribution in [2.75, 3.05) is 34.5 Å². The largest absolute Gasteiger partial charge is 0.494 e. The van der Waals surface area contributed by atoms with E-state index in [1.807, 2.05) is 0 Å². The second-order valence-electron chi connectivity index (χ2n) is 5.71. The molecule has 29 heavy (non-hydrogen) atoms. The molecule has 0 radical (unpaired) electrons. The van der Waals surface area contributed by atoms with Crippen LogP contribution in [0.15, 0.2) is 30.3 Å². The Morgan fingerprint density at radius 2 is 1.76 bits per heavy atom. The van der Waals surface area contributed by atoms with Gasteiger partial charge in [-0.1, -0.05) is 0 Å². The third-order valence-corrected chi connectivity index (χ3v) is 3.92. The van der Waals surface area contributed by atoms with E-state index in [1.54, 1.807) is 0 Å². The van der Waals surface area contributed by atoms with Crippen LogP contribution >= 0.6 is 0 Å². The van der Waals surface area contributed by atoms with Gasteiger partial charge in [-0.25, -0.2) is 4.39 Å². The van der Waals surface area contributed by atoms with Gasteiger partial charge in [-0.3, -0.25) is 14.9 Å². The Hall–Kier alpha value is -3.56. The van der Waals surface area contributed by atoms with Gasteiger partial charge in [0.05, 0.1) is 32.9 Å². The normalized spacial score (nSPS) is 10.2. The molecule has 0 aliphatic rings. The Labute approximate surface area is 166 Å². The van der Waals surface area contributed by atoms with Crippen LogP contribution in [0.1, 0.15) is 16.8 Å². The van der Waals surface area contributed by atoms with E-state index in [1.165, 1.54) is 51.7 Å². The first-order valence-corrected chi connectivity index (χ1v) is 8.56. The average Bonchev–Trinajstić information content (AvgIpc) is 2.72. The summed E-state index contributed by atoms with van der Waals surface area (Å²) in [4.78, 5) is 23.3. The number of ether oxygens (including phenoxy) is 4. The molecule has 0 aliphatic carbocycles. The molecule has 2 aromatic rings. The number of nitrogens with one attached hydrogen (secondary N) is 1. The maximum atomic E-state index is 12.8. The number of nitro groups is 1. The minimum atomic E-state index is -0.715. The van der Waals surface area contributed by atoms with Crippen LogP contribution in [0.3, 0.4) is 0 Å². The number of rotatable bonds is 10. The highest BCUT2D eigenvalue weighted by atomic mass is 19.1. The summed E-state index contributed by atoms with van der Waals surface area (Å²) in [6, 6.07) is 6.77. The molecule has 9 nitrogen and oxygen atoms in total. The van der Waals surface area contributed by atoms with Crippen molar-refractivity contribution in [1.82, 2.24) is 5.32 Å². The number of methoxy groups -OCH3 is 3. The minimum Gasteiger partial charge on any atom is -0.494 e. The Balaban J connectivity index is 2.07. The average molecular weight is 408 g/mol. The highest BCUT2D eigenvalue weighted by Gasteiger charge is 2.32. The molecule has 0 atom stereocenters. The molecule has 0 spiro atoms. The number of amides is 1. The van der Waals surface area contributed by atoms with E-state index in [2.05, 4.69) is 5.32 Å². The molecular formula is C19H21FN2O7. The Morgan fingerprint density at radius 1 is 1.10 bits per heavy atom. The van der Waals surface area contributed by atoms with Crippen LogP contribution in [0.4, 0.5) is 10.1 Å². The van der Waals surface area contributed by atoms with Crippen LogP contribution in [0.2, 0.25) is 0 Å². The predicted octanol–water partition coefficient (Wildman–Crippen LogP) is 2.96. The van der Waals surface area contributed by atoms with Gasteiger partial charge in [-0.15, -0.1) is 0 Å². The molecule has 0 fully saturated rings. The predicted molar refractivity (Wildman–Crippen MR) is 102 cm³/mol. The van der Waals surface area contributed by atoms with Gasteiger partial charge in [0.1, 0.15) is 17.1 Å². The molecule has 2 aromatic carbocycles. The van der Waals surface area contributed by atoms with Gasteiger partial charge >= 0.3 is 5.69 Å². The summed E-state index contributed by atoms with van der Waals surface area (Å²) in [5.41, 5.74) is -0.742. The molecule has 0 heterocycles. The molecule has 0 bridgehead atoms. The molecule has 2 rings (SSSR count). The summed E-state index contributed by atoms with van der Waals surface area (Å²) in [7, 11) is 3.89. The molecule has 0 aromatic heterocycles. The van der Waals surface area contributed by atoms with E-state index in [-0.39, 0.29) is 41.8 Å². The van der Waals surface area contributed by atoms with Crippen molar-refractivity contribution in [3.05, 3.63) is 51.8 Å². The molecule has 1 amide bonds. The number of hydrogen-bond acceptors (Lipinski definition) is 7. The van der Waals surface area contributed by atoms with Gasteiger partial charge in [0.25, 0.3) is 5.91 Å². The molecule has 10 heteroatoms. The molecule has 0 saturated carbocycles. The third kappa shape index (κ3) is 5.24. The lowest BCUT2D eigenvalue weighted by atomic mass is 10.1. The van der Waals surface area contributed by atoms with Crippen molar-refractivity contribution in [2.45, 2.75) is 6.42 Å². The van der Waals surface area contributed by atoms with Crippen molar-refractivity contribution in [3.63, 3.8) is 0 Å². The van der Waals surface area contributed by atoms with Gasteiger partial charge in [-0.05, 0) is 30.7 Å². The number of carbonyl (C=O) groups excluding carboxylic acids is 1. The SMILES string of the molecule is COc1cc(C(=O)NCCCOc2ccc(F)cc2)c([N+](=O)[O-])c(OC)c1OC. The van der Waals surface area contributed by atoms with E-state index < -0.39 is 16.5 Å². The number of nitro benzene ring substituents is 1. The highest BCUT2D eigenvalue weighted by molar-refractivity contribution is 6.00. The van der Waals surface area contributed by atoms with E-state index in [4.69, 9.17) is 18.9 Å². The Bertz CT molecular complexity index is 872. The first kappa shape index (κ1) is 21.7. The van der Waals surface area contributed by atoms with E-state index in [0.717, 1.165) is 0 Å². The van der Waals surface area contributed by atoms with E-state index in [0.29, 0.717) is 12.2 Å². The lowest BCUT2D eigenvalue weighted by Crippen LogP contribution is -2.26. The Kier molecular flexibility index (Phi) is 7.58. The van der Waals surface area contributed by atoms with Crippen molar-refractivity contribution < 1.29 is 33.1 Å². The smallest absolute Gasteiger partial charge is 0.327 e. The molecule has 1 N–H and O–H groups in total. The van der Waals surface area contributed by atoms with Gasteiger partial charge in [-0.2, -0.15) is 0 Å². The summed E-state index contributed by atoms with van der Waals surface area (Å²) < 4.78 is 33.6. The van der Waals surface area contributed by atoms with Crippen molar-refractivity contribution >= 4 is 11.6 Å². The maximum absolute atomic E-state index is 12.8. The van der Waals surface area contributed by atoms with Crippen molar-refractivity contribution in [3.8, 4) is 23.0 Å². The summed E-state index contributed by atoms with van der Waals surface area (Å²) in [6.45, 7) is 0.469. The molecule has 0 unspecified atom stereocenters. The maximum Gasteiger partial charge on any atom is 0.327 e. The van der Waals surface area contributed by atoms with Crippen LogP contribution < -0.4 is 24.3 Å². The fourth-order valence-electron chi connectivity index (χ4n) is 2.59. The van der Waals surface area contributed by atoms with Crippen LogP contribution in [0.5, 0.6) is 23.0 Å². The van der Waals surface area contributed by atoms with Gasteiger partial charge in [0.15, 0.2) is 5.75 Å². The number of nitrogens with zero attached hydrogens (tertiary/aromatic N) is 1. The van der Waals surface area contributed by atoms with E-state index in [9.17, 15) is 19.3 Å². The van der Waals surface area contributed by atoms with Crippen molar-refractivity contribution in [1.29, 1.82) is 0 Å². The molecule has 0 aliphatic heterocycles. The van der Waals surface area contributed by atoms with E-state index >= 15 is 0 Å². The zero-order valence-electron chi connectivity index (χ0n) is 16.2. The quantitative estimate of drug-likeness (QED) is 0.366. The molecular weight excluding hydrogens is 387 g/mol. The number of carbonyl (C=O) groups is 1. The lowest BCUT2D eigenvalue weighted by molar-refractivity contribution is -0.386. The summed E-state index contributed by atoms with van der Waals surface area (Å²) in [6.07, 6.45) is 0.432. The minimum absolute atomic E-state index is 0.0194. The van der Waals surface area contributed by atoms with Gasteiger partial charge in [0, 0.05) is 12.6 Å². The fourth-order valence-corrected chi connectivity index (χ4v) is 2.59. The van der Waals surface area contributed by atoms with Gasteiger partial charge < -0.3 is 24.3 Å². The summed E-state index contributed by atoms with van der Waals surface area (Å²) in [5, 5.41) is 14.1. The second-order valence-corrected chi connectivity index (χ2v) is 5.71. The standard InChI is InChI=1S/C19H21FN2O7/c1-26-15-11-14(16(22(24)25)18(28-3)17(15)27-2)19(23)21-9-4-10-29-13-7-5-12(20)6-8-13/h5-8,11H,4,9-10H2,1-3H3,(H,21,23). The summed E-state index contributed by atoms with van der Waals surface area (Å²) >= 11 is 0. The van der Waals surface area contributed by atoms with Gasteiger partial charge in [0.2, 0.25) is 11.5 Å². The first-order valence-electron chi connectivity index (χ1n) is 8.56. The van der Waals surface area contributed by atoms with Crippen LogP contribution in [-0.2, 0) is 0 Å². The monoisotopic (exact) mass is 408 g/mol. The lowest BCUT2D eigenvalue weighted by Gasteiger charge is -2.15. The molecule has 0 saturated heterocycles. The first-order chi connectivity index (χ1) is 13.9. The Morgan fingerprint density at radius 3 is 2.31 bits per heavy atom. The van der Waals surface area contributed by atoms with Crippen LogP contribution in [0, 0.1) is 15.9 Å². The van der Waals surface area contributed by atoms with Crippen LogP contribution in [-0.4, -0.2) is 45.3 Å². The molecule has 156 valence electrons. The number of benzene rings is 2. The zero-order chi connectivity index (χ0) is 21.4. The zero-order valence-corrected chi connectivity index (χ0v) is 16.2. The fraction of sp³-hybridized carbons (Fsp3) is 0.316. The van der Waals surface area contributed by atoms with Crippen molar-refractivity contribution in [2.24, 2.45) is 0 Å². The highest BCUT2D eigenvalue weighted by Crippen LogP contribution is 2.46. The second kappa shape index (κ2) is 10.1. The topological polar surface area (TPSA) is 109 Å². The third-order valence-electron chi connectivity index (χ3n) is 3.92. The summed E-state index contributed by atoms with van der Waals surface area (Å²) in [5.74, 6) is -0.598.